The van der Waals surface area contributed by atoms with Crippen molar-refractivity contribution in [2.24, 2.45) is 0 Å². The number of carbonyl (C=O) groups is 1. The van der Waals surface area contributed by atoms with Crippen LogP contribution in [0.4, 0.5) is 0 Å². The Morgan fingerprint density at radius 2 is 2.04 bits per heavy atom. The maximum atomic E-state index is 12.4. The van der Waals surface area contributed by atoms with E-state index in [2.05, 4.69) is 22.4 Å². The van der Waals surface area contributed by atoms with E-state index in [1.807, 2.05) is 48.7 Å². The van der Waals surface area contributed by atoms with Gasteiger partial charge in [-0.05, 0) is 50.5 Å². The molecule has 4 rings (SSSR count). The van der Waals surface area contributed by atoms with Gasteiger partial charge in [0.25, 0.3) is 5.91 Å². The van der Waals surface area contributed by atoms with Gasteiger partial charge >= 0.3 is 0 Å². The summed E-state index contributed by atoms with van der Waals surface area (Å²) in [6, 6.07) is 13.5. The van der Waals surface area contributed by atoms with Crippen LogP contribution in [-0.4, -0.2) is 28.3 Å². The second kappa shape index (κ2) is 7.20. The largest absolute Gasteiger partial charge is 0.490 e. The molecule has 26 heavy (non-hydrogen) atoms. The average Bonchev–Trinajstić information content (AvgIpc) is 3.15. The zero-order chi connectivity index (χ0) is 17.9. The smallest absolute Gasteiger partial charge is 0.251 e. The van der Waals surface area contributed by atoms with Gasteiger partial charge in [0.15, 0.2) is 0 Å². The number of carbonyl (C=O) groups excluding carboxylic acids is 1. The van der Waals surface area contributed by atoms with Crippen LogP contribution in [0.25, 0.3) is 10.9 Å². The molecule has 0 radical (unpaired) electrons. The summed E-state index contributed by atoms with van der Waals surface area (Å²) in [7, 11) is 0. The normalized spacial score (nSPS) is 20.0. The lowest BCUT2D eigenvalue weighted by molar-refractivity contribution is 0.0882. The van der Waals surface area contributed by atoms with E-state index in [4.69, 9.17) is 4.74 Å². The number of ether oxygens (including phenoxy) is 1. The molecule has 1 saturated carbocycles. The molecule has 1 aliphatic rings. The highest BCUT2D eigenvalue weighted by Crippen LogP contribution is 2.30. The molecule has 134 valence electrons. The quantitative estimate of drug-likeness (QED) is 0.748. The molecule has 3 aromatic rings. The number of H-pyrrole nitrogens is 1. The van der Waals surface area contributed by atoms with Gasteiger partial charge < -0.3 is 10.1 Å². The van der Waals surface area contributed by atoms with Crippen molar-refractivity contribution in [1.82, 2.24) is 15.5 Å². The number of aromatic amines is 1. The number of aromatic nitrogens is 2. The molecule has 5 heteroatoms. The van der Waals surface area contributed by atoms with Crippen LogP contribution in [0.1, 0.15) is 41.6 Å². The van der Waals surface area contributed by atoms with Gasteiger partial charge in [-0.2, -0.15) is 5.10 Å². The SMILES string of the molecule is Cc1c(O[C@@H]2CCC[C@H](NC(=O)c3ccccc3)C2)ccc2[nH]ncc12. The highest BCUT2D eigenvalue weighted by atomic mass is 16.5. The zero-order valence-electron chi connectivity index (χ0n) is 14.9. The van der Waals surface area contributed by atoms with Gasteiger partial charge in [-0.1, -0.05) is 18.2 Å². The third-order valence-corrected chi connectivity index (χ3v) is 5.13. The lowest BCUT2D eigenvalue weighted by Gasteiger charge is -2.30. The fourth-order valence-corrected chi connectivity index (χ4v) is 3.69. The van der Waals surface area contributed by atoms with Crippen LogP contribution < -0.4 is 10.1 Å². The van der Waals surface area contributed by atoms with Gasteiger partial charge in [0.1, 0.15) is 11.9 Å². The Bertz CT molecular complexity index is 904. The Hall–Kier alpha value is -2.82. The van der Waals surface area contributed by atoms with Crippen LogP contribution in [-0.2, 0) is 0 Å². The molecule has 1 fully saturated rings. The van der Waals surface area contributed by atoms with Crippen LogP contribution in [0.2, 0.25) is 0 Å². The number of benzene rings is 2. The summed E-state index contributed by atoms with van der Waals surface area (Å²) in [4.78, 5) is 12.4. The first kappa shape index (κ1) is 16.6. The zero-order valence-corrected chi connectivity index (χ0v) is 14.9. The first-order chi connectivity index (χ1) is 12.7. The Morgan fingerprint density at radius 3 is 2.88 bits per heavy atom. The van der Waals surface area contributed by atoms with Crippen molar-refractivity contribution in [3.05, 3.63) is 59.8 Å². The number of nitrogens with zero attached hydrogens (tertiary/aromatic N) is 1. The number of hydrogen-bond acceptors (Lipinski definition) is 3. The molecule has 0 unspecified atom stereocenters. The van der Waals surface area contributed by atoms with E-state index in [-0.39, 0.29) is 18.1 Å². The number of hydrogen-bond donors (Lipinski definition) is 2. The molecule has 1 aliphatic carbocycles. The predicted molar refractivity (Wildman–Crippen MR) is 101 cm³/mol. The van der Waals surface area contributed by atoms with E-state index in [1.165, 1.54) is 0 Å². The molecule has 0 bridgehead atoms. The van der Waals surface area contributed by atoms with E-state index >= 15 is 0 Å². The van der Waals surface area contributed by atoms with E-state index in [0.717, 1.165) is 47.9 Å². The maximum absolute atomic E-state index is 12.4. The van der Waals surface area contributed by atoms with Crippen molar-refractivity contribution in [3.63, 3.8) is 0 Å². The lowest BCUT2D eigenvalue weighted by Crippen LogP contribution is -2.41. The standard InChI is InChI=1S/C21H23N3O2/c1-14-18-13-22-24-19(18)10-11-20(14)26-17-9-5-8-16(12-17)23-21(25)15-6-3-2-4-7-15/h2-4,6-7,10-11,13,16-17H,5,8-9,12H2,1H3,(H,22,24)(H,23,25)/t16-,17+/m0/s1. The van der Waals surface area contributed by atoms with Crippen molar-refractivity contribution in [2.45, 2.75) is 44.8 Å². The molecule has 0 saturated heterocycles. The summed E-state index contributed by atoms with van der Waals surface area (Å²) in [6.45, 7) is 2.06. The molecule has 2 aromatic carbocycles. The third-order valence-electron chi connectivity index (χ3n) is 5.13. The lowest BCUT2D eigenvalue weighted by atomic mass is 9.92. The predicted octanol–water partition coefficient (Wildman–Crippen LogP) is 3.99. The molecule has 2 atom stereocenters. The number of fused-ring (bicyclic) bond motifs is 1. The minimum absolute atomic E-state index is 0.00718. The van der Waals surface area contributed by atoms with E-state index in [0.29, 0.717) is 5.56 Å². The highest BCUT2D eigenvalue weighted by Gasteiger charge is 2.25. The van der Waals surface area contributed by atoms with Crippen molar-refractivity contribution in [1.29, 1.82) is 0 Å². The van der Waals surface area contributed by atoms with Crippen LogP contribution in [0.5, 0.6) is 5.75 Å². The first-order valence-electron chi connectivity index (χ1n) is 9.16. The van der Waals surface area contributed by atoms with Gasteiger partial charge in [-0.15, -0.1) is 0 Å². The second-order valence-electron chi connectivity index (χ2n) is 6.96. The van der Waals surface area contributed by atoms with Gasteiger partial charge in [-0.25, -0.2) is 0 Å². The highest BCUT2D eigenvalue weighted by molar-refractivity contribution is 5.94. The fourth-order valence-electron chi connectivity index (χ4n) is 3.69. The van der Waals surface area contributed by atoms with Gasteiger partial charge in [0.2, 0.25) is 0 Å². The Labute approximate surface area is 152 Å². The summed E-state index contributed by atoms with van der Waals surface area (Å²) >= 11 is 0. The van der Waals surface area contributed by atoms with Gasteiger partial charge in [0, 0.05) is 29.0 Å². The summed E-state index contributed by atoms with van der Waals surface area (Å²) in [5.41, 5.74) is 2.83. The monoisotopic (exact) mass is 349 g/mol. The topological polar surface area (TPSA) is 67.0 Å². The Balaban J connectivity index is 1.41. The van der Waals surface area contributed by atoms with E-state index in [1.54, 1.807) is 0 Å². The molecule has 5 nitrogen and oxygen atoms in total. The molecule has 0 spiro atoms. The number of nitrogens with one attached hydrogen (secondary N) is 2. The summed E-state index contributed by atoms with van der Waals surface area (Å²) < 4.78 is 6.29. The molecule has 1 aromatic heterocycles. The molecule has 1 heterocycles. The van der Waals surface area contributed by atoms with Crippen molar-refractivity contribution in [3.8, 4) is 5.75 Å². The number of amides is 1. The minimum Gasteiger partial charge on any atom is -0.490 e. The number of rotatable bonds is 4. The van der Waals surface area contributed by atoms with Crippen molar-refractivity contribution < 1.29 is 9.53 Å². The van der Waals surface area contributed by atoms with E-state index in [9.17, 15) is 4.79 Å². The third kappa shape index (κ3) is 3.43. The molecular weight excluding hydrogens is 326 g/mol. The maximum Gasteiger partial charge on any atom is 0.251 e. The first-order valence-corrected chi connectivity index (χ1v) is 9.16. The molecule has 2 N–H and O–H groups in total. The molecular formula is C21H23N3O2. The molecule has 1 amide bonds. The minimum atomic E-state index is -0.00718. The average molecular weight is 349 g/mol. The second-order valence-corrected chi connectivity index (χ2v) is 6.96. The Kier molecular flexibility index (Phi) is 4.61. The summed E-state index contributed by atoms with van der Waals surface area (Å²) in [5, 5.41) is 11.3. The van der Waals surface area contributed by atoms with Gasteiger partial charge in [0.05, 0.1) is 11.7 Å². The summed E-state index contributed by atoms with van der Waals surface area (Å²) in [6.07, 6.45) is 5.85. The fraction of sp³-hybridized carbons (Fsp3) is 0.333. The number of aryl methyl sites for hydroxylation is 1. The van der Waals surface area contributed by atoms with E-state index < -0.39 is 0 Å². The van der Waals surface area contributed by atoms with Crippen LogP contribution >= 0.6 is 0 Å². The van der Waals surface area contributed by atoms with Crippen molar-refractivity contribution in [2.75, 3.05) is 0 Å². The van der Waals surface area contributed by atoms with Crippen molar-refractivity contribution >= 4 is 16.8 Å². The van der Waals surface area contributed by atoms with Crippen LogP contribution in [0.3, 0.4) is 0 Å². The van der Waals surface area contributed by atoms with Gasteiger partial charge in [-0.3, -0.25) is 9.89 Å². The molecule has 0 aliphatic heterocycles. The van der Waals surface area contributed by atoms with Crippen LogP contribution in [0, 0.1) is 6.92 Å². The van der Waals surface area contributed by atoms with Crippen LogP contribution in [0.15, 0.2) is 48.7 Å². The Morgan fingerprint density at radius 1 is 1.19 bits per heavy atom. The summed E-state index contributed by atoms with van der Waals surface area (Å²) in [5.74, 6) is 0.895.